The van der Waals surface area contributed by atoms with Crippen molar-refractivity contribution in [2.45, 2.75) is 59.0 Å². The highest BCUT2D eigenvalue weighted by Gasteiger charge is 2.32. The first-order valence-electron chi connectivity index (χ1n) is 7.12. The van der Waals surface area contributed by atoms with E-state index in [4.69, 9.17) is 0 Å². The molecule has 0 amide bonds. The van der Waals surface area contributed by atoms with Gasteiger partial charge in [0.15, 0.2) is 0 Å². The standard InChI is InChI=1S/C16H26N2/c1-12-8-15(10-16(3,4)9-12)18-13(2)14-6-5-7-17-11-14/h5-7,11-13,15,18H,8-10H2,1-4H3/t12?,13-,15?/m1/s1. The summed E-state index contributed by atoms with van der Waals surface area (Å²) in [6.07, 6.45) is 7.74. The van der Waals surface area contributed by atoms with Crippen molar-refractivity contribution in [2.24, 2.45) is 11.3 Å². The van der Waals surface area contributed by atoms with Gasteiger partial charge in [0, 0.05) is 24.5 Å². The lowest BCUT2D eigenvalue weighted by atomic mass is 9.70. The Kier molecular flexibility index (Phi) is 4.06. The van der Waals surface area contributed by atoms with E-state index in [0.29, 0.717) is 17.5 Å². The topological polar surface area (TPSA) is 24.9 Å². The fourth-order valence-corrected chi connectivity index (χ4v) is 3.55. The Labute approximate surface area is 111 Å². The van der Waals surface area contributed by atoms with Crippen molar-refractivity contribution in [3.63, 3.8) is 0 Å². The molecule has 1 aliphatic carbocycles. The van der Waals surface area contributed by atoms with E-state index in [2.05, 4.69) is 44.1 Å². The smallest absolute Gasteiger partial charge is 0.0315 e. The molecule has 1 fully saturated rings. The zero-order valence-electron chi connectivity index (χ0n) is 12.1. The summed E-state index contributed by atoms with van der Waals surface area (Å²) < 4.78 is 0. The average molecular weight is 246 g/mol. The van der Waals surface area contributed by atoms with Gasteiger partial charge in [-0.15, -0.1) is 0 Å². The molecule has 2 unspecified atom stereocenters. The summed E-state index contributed by atoms with van der Waals surface area (Å²) in [6, 6.07) is 5.20. The average Bonchev–Trinajstić information content (AvgIpc) is 2.27. The number of hydrogen-bond acceptors (Lipinski definition) is 2. The van der Waals surface area contributed by atoms with Crippen molar-refractivity contribution in [1.82, 2.24) is 10.3 Å². The highest BCUT2D eigenvalue weighted by atomic mass is 15.0. The minimum atomic E-state index is 0.393. The molecule has 1 saturated carbocycles. The van der Waals surface area contributed by atoms with Crippen LogP contribution in [0.3, 0.4) is 0 Å². The molecule has 1 aliphatic rings. The van der Waals surface area contributed by atoms with E-state index in [1.54, 1.807) is 0 Å². The van der Waals surface area contributed by atoms with Crippen molar-refractivity contribution in [3.05, 3.63) is 30.1 Å². The Balaban J connectivity index is 1.97. The first-order valence-corrected chi connectivity index (χ1v) is 7.12. The number of nitrogens with zero attached hydrogens (tertiary/aromatic N) is 1. The van der Waals surface area contributed by atoms with Gasteiger partial charge in [-0.3, -0.25) is 4.98 Å². The maximum Gasteiger partial charge on any atom is 0.0315 e. The largest absolute Gasteiger partial charge is 0.307 e. The summed E-state index contributed by atoms with van der Waals surface area (Å²) in [5.74, 6) is 0.826. The van der Waals surface area contributed by atoms with Crippen LogP contribution in [0.15, 0.2) is 24.5 Å². The second kappa shape index (κ2) is 5.40. The molecule has 1 heterocycles. The SMILES string of the molecule is CC1CC(N[C@H](C)c2cccnc2)CC(C)(C)C1. The lowest BCUT2D eigenvalue weighted by Crippen LogP contribution is -2.41. The predicted octanol–water partition coefficient (Wildman–Crippen LogP) is 3.95. The van der Waals surface area contributed by atoms with Crippen LogP contribution in [-0.4, -0.2) is 11.0 Å². The zero-order valence-corrected chi connectivity index (χ0v) is 12.1. The van der Waals surface area contributed by atoms with Crippen LogP contribution in [0.4, 0.5) is 0 Å². The van der Waals surface area contributed by atoms with Crippen molar-refractivity contribution in [1.29, 1.82) is 0 Å². The van der Waals surface area contributed by atoms with Gasteiger partial charge < -0.3 is 5.32 Å². The molecule has 2 rings (SSSR count). The Hall–Kier alpha value is -0.890. The van der Waals surface area contributed by atoms with Gasteiger partial charge in [0.2, 0.25) is 0 Å². The van der Waals surface area contributed by atoms with E-state index >= 15 is 0 Å². The first kappa shape index (κ1) is 13.5. The summed E-state index contributed by atoms with van der Waals surface area (Å²) in [4.78, 5) is 4.20. The number of rotatable bonds is 3. The molecule has 0 aliphatic heterocycles. The predicted molar refractivity (Wildman–Crippen MR) is 76.4 cm³/mol. The minimum absolute atomic E-state index is 0.393. The minimum Gasteiger partial charge on any atom is -0.307 e. The first-order chi connectivity index (χ1) is 8.46. The van der Waals surface area contributed by atoms with Crippen molar-refractivity contribution in [3.8, 4) is 0 Å². The van der Waals surface area contributed by atoms with Crippen molar-refractivity contribution in [2.75, 3.05) is 0 Å². The van der Waals surface area contributed by atoms with Crippen LogP contribution in [0.1, 0.15) is 58.6 Å². The van der Waals surface area contributed by atoms with Crippen LogP contribution >= 0.6 is 0 Å². The molecule has 0 aromatic carbocycles. The third-order valence-corrected chi connectivity index (χ3v) is 4.06. The fraction of sp³-hybridized carbons (Fsp3) is 0.688. The molecule has 1 aromatic rings. The molecule has 0 radical (unpaired) electrons. The second-order valence-corrected chi connectivity index (χ2v) is 6.78. The van der Waals surface area contributed by atoms with E-state index in [1.807, 2.05) is 18.5 Å². The van der Waals surface area contributed by atoms with Gasteiger partial charge in [-0.05, 0) is 49.1 Å². The van der Waals surface area contributed by atoms with Gasteiger partial charge in [0.1, 0.15) is 0 Å². The van der Waals surface area contributed by atoms with E-state index in [1.165, 1.54) is 24.8 Å². The van der Waals surface area contributed by atoms with Crippen LogP contribution in [0.25, 0.3) is 0 Å². The summed E-state index contributed by atoms with van der Waals surface area (Å²) >= 11 is 0. The molecule has 2 nitrogen and oxygen atoms in total. The molecule has 0 saturated heterocycles. The Morgan fingerprint density at radius 2 is 2.17 bits per heavy atom. The lowest BCUT2D eigenvalue weighted by Gasteiger charge is -2.40. The number of hydrogen-bond donors (Lipinski definition) is 1. The molecule has 0 bridgehead atoms. The molecular formula is C16H26N2. The highest BCUT2D eigenvalue weighted by molar-refractivity contribution is 5.13. The summed E-state index contributed by atoms with van der Waals surface area (Å²) in [5.41, 5.74) is 1.76. The molecule has 18 heavy (non-hydrogen) atoms. The number of nitrogens with one attached hydrogen (secondary N) is 1. The van der Waals surface area contributed by atoms with Crippen LogP contribution in [0.2, 0.25) is 0 Å². The van der Waals surface area contributed by atoms with Gasteiger partial charge in [-0.25, -0.2) is 0 Å². The summed E-state index contributed by atoms with van der Waals surface area (Å²) in [7, 11) is 0. The molecule has 1 N–H and O–H groups in total. The van der Waals surface area contributed by atoms with Crippen LogP contribution in [-0.2, 0) is 0 Å². The number of aromatic nitrogens is 1. The Morgan fingerprint density at radius 3 is 2.78 bits per heavy atom. The summed E-state index contributed by atoms with van der Waals surface area (Å²) in [6.45, 7) is 9.41. The van der Waals surface area contributed by atoms with E-state index in [0.717, 1.165) is 5.92 Å². The maximum absolute atomic E-state index is 4.20. The van der Waals surface area contributed by atoms with Crippen molar-refractivity contribution >= 4 is 0 Å². The molecular weight excluding hydrogens is 220 g/mol. The third kappa shape index (κ3) is 3.55. The third-order valence-electron chi connectivity index (χ3n) is 4.06. The van der Waals surface area contributed by atoms with Crippen molar-refractivity contribution < 1.29 is 0 Å². The van der Waals surface area contributed by atoms with Crippen LogP contribution in [0, 0.1) is 11.3 Å². The van der Waals surface area contributed by atoms with Gasteiger partial charge in [-0.1, -0.05) is 26.8 Å². The van der Waals surface area contributed by atoms with Gasteiger partial charge in [0.25, 0.3) is 0 Å². The van der Waals surface area contributed by atoms with Crippen LogP contribution in [0.5, 0.6) is 0 Å². The maximum atomic E-state index is 4.20. The lowest BCUT2D eigenvalue weighted by molar-refractivity contribution is 0.145. The second-order valence-electron chi connectivity index (χ2n) is 6.78. The zero-order chi connectivity index (χ0) is 13.2. The molecule has 2 heteroatoms. The molecule has 3 atom stereocenters. The van der Waals surface area contributed by atoms with Crippen LogP contribution < -0.4 is 5.32 Å². The molecule has 0 spiro atoms. The van der Waals surface area contributed by atoms with Gasteiger partial charge in [-0.2, -0.15) is 0 Å². The quantitative estimate of drug-likeness (QED) is 0.873. The van der Waals surface area contributed by atoms with Gasteiger partial charge >= 0.3 is 0 Å². The van der Waals surface area contributed by atoms with Gasteiger partial charge in [0.05, 0.1) is 0 Å². The molecule has 1 aromatic heterocycles. The van der Waals surface area contributed by atoms with E-state index in [-0.39, 0.29) is 0 Å². The normalized spacial score (nSPS) is 28.9. The number of pyridine rings is 1. The molecule has 100 valence electrons. The highest BCUT2D eigenvalue weighted by Crippen LogP contribution is 2.39. The monoisotopic (exact) mass is 246 g/mol. The summed E-state index contributed by atoms with van der Waals surface area (Å²) in [5, 5.41) is 3.78. The fourth-order valence-electron chi connectivity index (χ4n) is 3.55. The Bertz CT molecular complexity index is 372. The van der Waals surface area contributed by atoms with E-state index in [9.17, 15) is 0 Å². The Morgan fingerprint density at radius 1 is 1.39 bits per heavy atom. The van der Waals surface area contributed by atoms with E-state index < -0.39 is 0 Å².